The van der Waals surface area contributed by atoms with Gasteiger partial charge in [-0.25, -0.2) is 18.4 Å². The first-order valence-electron chi connectivity index (χ1n) is 9.07. The van der Waals surface area contributed by atoms with Crippen molar-refractivity contribution in [1.82, 2.24) is 14.9 Å². The molecule has 1 saturated heterocycles. The number of carbonyl (C=O) groups excluding carboxylic acids is 1. The van der Waals surface area contributed by atoms with Crippen LogP contribution in [0.5, 0.6) is 0 Å². The molecule has 10 heteroatoms. The lowest BCUT2D eigenvalue weighted by molar-refractivity contribution is -0.128. The van der Waals surface area contributed by atoms with Crippen molar-refractivity contribution in [2.75, 3.05) is 36.8 Å². The Kier molecular flexibility index (Phi) is 5.84. The largest absolute Gasteiger partial charge is 0.352 e. The van der Waals surface area contributed by atoms with Crippen LogP contribution >= 0.6 is 27.3 Å². The number of hydrogen-bond donors (Lipinski definition) is 0. The first-order valence-corrected chi connectivity index (χ1v) is 12.6. The molecule has 3 heterocycles. The van der Waals surface area contributed by atoms with Crippen molar-refractivity contribution in [3.8, 4) is 0 Å². The second kappa shape index (κ2) is 8.37. The van der Waals surface area contributed by atoms with Crippen molar-refractivity contribution in [3.05, 3.63) is 52.1 Å². The van der Waals surface area contributed by atoms with Crippen LogP contribution in [0.2, 0.25) is 0 Å². The van der Waals surface area contributed by atoms with Gasteiger partial charge in [-0.2, -0.15) is 0 Å². The van der Waals surface area contributed by atoms with Gasteiger partial charge in [0.15, 0.2) is 9.84 Å². The van der Waals surface area contributed by atoms with Crippen LogP contribution in [0.25, 0.3) is 10.2 Å². The van der Waals surface area contributed by atoms with E-state index in [9.17, 15) is 13.2 Å². The number of fused-ring (bicyclic) bond motifs is 1. The zero-order chi connectivity index (χ0) is 20.4. The van der Waals surface area contributed by atoms with E-state index in [-0.39, 0.29) is 11.7 Å². The number of benzene rings is 1. The molecule has 0 bridgehead atoms. The van der Waals surface area contributed by atoms with Crippen LogP contribution in [0.1, 0.15) is 5.56 Å². The van der Waals surface area contributed by atoms with E-state index >= 15 is 0 Å². The van der Waals surface area contributed by atoms with Crippen molar-refractivity contribution in [2.45, 2.75) is 5.75 Å². The first kappa shape index (κ1) is 20.2. The monoisotopic (exact) mass is 494 g/mol. The minimum Gasteiger partial charge on any atom is -0.352 e. The molecule has 152 valence electrons. The molecule has 1 aliphatic heterocycles. The Bertz CT molecular complexity index is 1120. The van der Waals surface area contributed by atoms with Gasteiger partial charge in [-0.05, 0) is 29.1 Å². The maximum absolute atomic E-state index is 12.6. The Morgan fingerprint density at radius 1 is 1.07 bits per heavy atom. The van der Waals surface area contributed by atoms with Gasteiger partial charge in [-0.3, -0.25) is 4.79 Å². The highest BCUT2D eigenvalue weighted by atomic mass is 79.9. The minimum atomic E-state index is -3.52. The predicted octanol–water partition coefficient (Wildman–Crippen LogP) is 2.72. The molecule has 0 N–H and O–H groups in total. The number of piperazine rings is 1. The average Bonchev–Trinajstić information content (AvgIpc) is 3.18. The molecule has 0 radical (unpaired) electrons. The van der Waals surface area contributed by atoms with Gasteiger partial charge in [0.25, 0.3) is 0 Å². The zero-order valence-electron chi connectivity index (χ0n) is 15.5. The third-order valence-corrected chi connectivity index (χ3v) is 7.63. The lowest BCUT2D eigenvalue weighted by Crippen LogP contribution is -2.50. The fourth-order valence-corrected chi connectivity index (χ4v) is 5.71. The number of carbonyl (C=O) groups is 1. The molecule has 1 amide bonds. The molecule has 0 saturated carbocycles. The van der Waals surface area contributed by atoms with Crippen molar-refractivity contribution < 1.29 is 13.2 Å². The standard InChI is InChI=1S/C19H19BrN4O3S2/c20-15-3-1-14(2-4-15)11-29(26,27)12-17(25)23-6-8-24(9-7-23)18-16-5-10-28-19(16)22-13-21-18/h1-5,10,13H,6-9,11-12H2. The molecule has 0 unspecified atom stereocenters. The van der Waals surface area contributed by atoms with Crippen LogP contribution < -0.4 is 4.90 Å². The Morgan fingerprint density at radius 3 is 2.52 bits per heavy atom. The van der Waals surface area contributed by atoms with Crippen molar-refractivity contribution >= 4 is 59.0 Å². The van der Waals surface area contributed by atoms with E-state index < -0.39 is 15.6 Å². The smallest absolute Gasteiger partial charge is 0.237 e. The molecule has 4 rings (SSSR count). The van der Waals surface area contributed by atoms with Crippen LogP contribution in [-0.2, 0) is 20.4 Å². The van der Waals surface area contributed by atoms with E-state index in [1.807, 2.05) is 11.4 Å². The Morgan fingerprint density at radius 2 is 1.79 bits per heavy atom. The second-order valence-electron chi connectivity index (χ2n) is 6.86. The lowest BCUT2D eigenvalue weighted by atomic mass is 10.2. The maximum atomic E-state index is 12.6. The predicted molar refractivity (Wildman–Crippen MR) is 118 cm³/mol. The number of anilines is 1. The first-order chi connectivity index (χ1) is 13.9. The number of nitrogens with zero attached hydrogens (tertiary/aromatic N) is 4. The molecule has 3 aromatic rings. The summed E-state index contributed by atoms with van der Waals surface area (Å²) in [4.78, 5) is 25.9. The summed E-state index contributed by atoms with van der Waals surface area (Å²) < 4.78 is 25.8. The molecule has 1 fully saturated rings. The van der Waals surface area contributed by atoms with E-state index in [1.54, 1.807) is 46.8 Å². The SMILES string of the molecule is O=C(CS(=O)(=O)Cc1ccc(Br)cc1)N1CCN(c2ncnc3sccc23)CC1. The maximum Gasteiger partial charge on any atom is 0.237 e. The van der Waals surface area contributed by atoms with E-state index in [2.05, 4.69) is 30.8 Å². The zero-order valence-corrected chi connectivity index (χ0v) is 18.7. The number of halogens is 1. The fourth-order valence-electron chi connectivity index (χ4n) is 3.36. The third kappa shape index (κ3) is 4.76. The Hall–Kier alpha value is -2.04. The fraction of sp³-hybridized carbons (Fsp3) is 0.316. The molecule has 29 heavy (non-hydrogen) atoms. The van der Waals surface area contributed by atoms with E-state index in [0.717, 1.165) is 20.5 Å². The summed E-state index contributed by atoms with van der Waals surface area (Å²) in [6.45, 7) is 2.17. The van der Waals surface area contributed by atoms with Crippen molar-refractivity contribution in [1.29, 1.82) is 0 Å². The molecule has 0 atom stereocenters. The number of amides is 1. The lowest BCUT2D eigenvalue weighted by Gasteiger charge is -2.35. The van der Waals surface area contributed by atoms with Crippen molar-refractivity contribution in [2.24, 2.45) is 0 Å². The van der Waals surface area contributed by atoms with Crippen LogP contribution in [0.4, 0.5) is 5.82 Å². The molecular formula is C19H19BrN4O3S2. The summed E-state index contributed by atoms with van der Waals surface area (Å²) >= 11 is 4.90. The van der Waals surface area contributed by atoms with Gasteiger partial charge in [0, 0.05) is 30.7 Å². The molecule has 1 aromatic carbocycles. The normalized spacial score (nSPS) is 15.1. The van der Waals surface area contributed by atoms with Crippen molar-refractivity contribution in [3.63, 3.8) is 0 Å². The van der Waals surface area contributed by atoms with Gasteiger partial charge in [-0.15, -0.1) is 11.3 Å². The summed E-state index contributed by atoms with van der Waals surface area (Å²) in [7, 11) is -3.52. The van der Waals surface area contributed by atoms with Gasteiger partial charge >= 0.3 is 0 Å². The van der Waals surface area contributed by atoms with Crippen LogP contribution in [-0.4, -0.2) is 61.1 Å². The Labute approximate surface area is 181 Å². The van der Waals surface area contributed by atoms with Crippen LogP contribution in [0.3, 0.4) is 0 Å². The summed E-state index contributed by atoms with van der Waals surface area (Å²) in [5.74, 6) is -0.0784. The average molecular weight is 495 g/mol. The highest BCUT2D eigenvalue weighted by Crippen LogP contribution is 2.27. The number of sulfone groups is 1. The van der Waals surface area contributed by atoms with Gasteiger partial charge in [0.1, 0.15) is 22.7 Å². The minimum absolute atomic E-state index is 0.136. The summed E-state index contributed by atoms with van der Waals surface area (Å²) in [6.07, 6.45) is 1.56. The third-order valence-electron chi connectivity index (χ3n) is 4.82. The highest BCUT2D eigenvalue weighted by Gasteiger charge is 2.26. The molecule has 1 aliphatic rings. The molecule has 7 nitrogen and oxygen atoms in total. The number of thiophene rings is 1. The highest BCUT2D eigenvalue weighted by molar-refractivity contribution is 9.10. The van der Waals surface area contributed by atoms with Gasteiger partial charge in [-0.1, -0.05) is 28.1 Å². The second-order valence-corrected chi connectivity index (χ2v) is 10.7. The molecule has 2 aromatic heterocycles. The van der Waals surface area contributed by atoms with Crippen LogP contribution in [0, 0.1) is 0 Å². The number of aromatic nitrogens is 2. The molecule has 0 spiro atoms. The van der Waals surface area contributed by atoms with Gasteiger partial charge in [0.2, 0.25) is 5.91 Å². The van der Waals surface area contributed by atoms with Gasteiger partial charge < -0.3 is 9.80 Å². The number of rotatable bonds is 5. The number of hydrogen-bond acceptors (Lipinski definition) is 7. The van der Waals surface area contributed by atoms with E-state index in [0.29, 0.717) is 31.7 Å². The van der Waals surface area contributed by atoms with E-state index in [1.165, 1.54) is 0 Å². The summed E-state index contributed by atoms with van der Waals surface area (Å²) in [5, 5.41) is 2.99. The molecule has 0 aliphatic carbocycles. The van der Waals surface area contributed by atoms with Gasteiger partial charge in [0.05, 0.1) is 11.1 Å². The molecular weight excluding hydrogens is 476 g/mol. The quantitative estimate of drug-likeness (QED) is 0.542. The summed E-state index contributed by atoms with van der Waals surface area (Å²) in [5.41, 5.74) is 0.675. The van der Waals surface area contributed by atoms with Crippen LogP contribution in [0.15, 0.2) is 46.5 Å². The Balaban J connectivity index is 1.36. The summed E-state index contributed by atoms with van der Waals surface area (Å²) in [6, 6.07) is 9.09. The topological polar surface area (TPSA) is 83.5 Å². The van der Waals surface area contributed by atoms with E-state index in [4.69, 9.17) is 0 Å².